The third-order valence-corrected chi connectivity index (χ3v) is 7.74. The molecule has 1 aliphatic heterocycles. The van der Waals surface area contributed by atoms with Gasteiger partial charge in [0, 0.05) is 51.0 Å². The number of halogens is 3. The van der Waals surface area contributed by atoms with Gasteiger partial charge < -0.3 is 0 Å². The number of piperazine rings is 1. The largest absolute Gasteiger partial charge is 0.296 e. The van der Waals surface area contributed by atoms with Gasteiger partial charge in [0.1, 0.15) is 4.90 Å². The molecule has 0 atom stereocenters. The number of sulfonamides is 1. The first-order chi connectivity index (χ1) is 12.2. The van der Waals surface area contributed by atoms with Crippen molar-refractivity contribution in [2.75, 3.05) is 26.2 Å². The summed E-state index contributed by atoms with van der Waals surface area (Å²) >= 11 is 18.0. The summed E-state index contributed by atoms with van der Waals surface area (Å²) in [6.07, 6.45) is 1.86. The molecule has 0 spiro atoms. The average molecular weight is 438 g/mol. The molecular formula is C16H19Cl3N4O2S. The Kier molecular flexibility index (Phi) is 5.86. The summed E-state index contributed by atoms with van der Waals surface area (Å²) < 4.78 is 29.1. The van der Waals surface area contributed by atoms with Crippen LogP contribution in [0, 0.1) is 6.92 Å². The van der Waals surface area contributed by atoms with E-state index >= 15 is 0 Å². The second-order valence-corrected chi connectivity index (χ2v) is 9.38. The topological polar surface area (TPSA) is 58.4 Å². The number of hydrogen-bond donors (Lipinski definition) is 0. The van der Waals surface area contributed by atoms with Crippen molar-refractivity contribution >= 4 is 44.8 Å². The minimum absolute atomic E-state index is 0.00915. The molecule has 0 unspecified atom stereocenters. The van der Waals surface area contributed by atoms with Crippen LogP contribution in [-0.4, -0.2) is 53.6 Å². The zero-order chi connectivity index (χ0) is 19.1. The van der Waals surface area contributed by atoms with Crippen molar-refractivity contribution in [2.24, 2.45) is 7.05 Å². The summed E-state index contributed by atoms with van der Waals surface area (Å²) in [5, 5.41) is 4.72. The van der Waals surface area contributed by atoms with Gasteiger partial charge in [-0.15, -0.1) is 0 Å². The molecule has 1 aromatic heterocycles. The van der Waals surface area contributed by atoms with Gasteiger partial charge in [-0.2, -0.15) is 9.40 Å². The lowest BCUT2D eigenvalue weighted by Crippen LogP contribution is -2.48. The number of rotatable bonds is 4. The molecule has 2 aromatic rings. The average Bonchev–Trinajstić information content (AvgIpc) is 2.90. The second-order valence-electron chi connectivity index (χ2n) is 6.26. The van der Waals surface area contributed by atoms with Gasteiger partial charge in [0.25, 0.3) is 0 Å². The molecule has 6 nitrogen and oxygen atoms in total. The highest BCUT2D eigenvalue weighted by atomic mass is 35.5. The Balaban J connectivity index is 1.71. The predicted octanol–water partition coefficient (Wildman–Crippen LogP) is 3.20. The normalized spacial score (nSPS) is 17.0. The molecule has 26 heavy (non-hydrogen) atoms. The second kappa shape index (κ2) is 7.66. The first kappa shape index (κ1) is 19.9. The van der Waals surface area contributed by atoms with Crippen LogP contribution in [0.2, 0.25) is 15.1 Å². The van der Waals surface area contributed by atoms with E-state index < -0.39 is 10.0 Å². The lowest BCUT2D eigenvalue weighted by atomic mass is 10.2. The van der Waals surface area contributed by atoms with Crippen molar-refractivity contribution < 1.29 is 8.42 Å². The minimum atomic E-state index is -3.72. The van der Waals surface area contributed by atoms with Crippen LogP contribution in [0.15, 0.2) is 23.2 Å². The van der Waals surface area contributed by atoms with Crippen molar-refractivity contribution in [1.29, 1.82) is 0 Å². The Morgan fingerprint density at radius 3 is 2.23 bits per heavy atom. The Labute approximate surface area is 168 Å². The van der Waals surface area contributed by atoms with Crippen LogP contribution in [0.3, 0.4) is 0 Å². The molecule has 0 bridgehead atoms. The van der Waals surface area contributed by atoms with Crippen molar-refractivity contribution in [3.05, 3.63) is 44.7 Å². The van der Waals surface area contributed by atoms with Crippen molar-refractivity contribution in [3.63, 3.8) is 0 Å². The number of nitrogens with zero attached hydrogens (tertiary/aromatic N) is 4. The third kappa shape index (κ3) is 3.88. The van der Waals surface area contributed by atoms with E-state index in [1.807, 2.05) is 24.9 Å². The summed E-state index contributed by atoms with van der Waals surface area (Å²) in [5.74, 6) is 0. The quantitative estimate of drug-likeness (QED) is 0.689. The van der Waals surface area contributed by atoms with E-state index in [1.54, 1.807) is 0 Å². The number of benzene rings is 1. The summed E-state index contributed by atoms with van der Waals surface area (Å²) in [6.45, 7) is 4.81. The molecule has 1 fully saturated rings. The van der Waals surface area contributed by atoms with E-state index in [-0.39, 0.29) is 20.0 Å². The number of aromatic nitrogens is 2. The van der Waals surface area contributed by atoms with Crippen LogP contribution >= 0.6 is 34.8 Å². The molecule has 0 saturated carbocycles. The smallest absolute Gasteiger partial charge is 0.244 e. The van der Waals surface area contributed by atoms with E-state index in [1.165, 1.54) is 16.4 Å². The fraction of sp³-hybridized carbons (Fsp3) is 0.438. The molecule has 10 heteroatoms. The molecule has 1 aliphatic rings. The standard InChI is InChI=1S/C16H19Cl3N4O2S/c1-11-12(9-20-21(11)2)10-22-3-5-23(6-4-22)26(24,25)16-8-14(18)13(17)7-15(16)19/h7-9H,3-6,10H2,1-2H3. The van der Waals surface area contributed by atoms with E-state index in [0.29, 0.717) is 26.2 Å². The Morgan fingerprint density at radius 2 is 1.65 bits per heavy atom. The molecule has 0 amide bonds. The molecule has 3 rings (SSSR count). The van der Waals surface area contributed by atoms with E-state index in [9.17, 15) is 8.42 Å². The van der Waals surface area contributed by atoms with Gasteiger partial charge in [-0.05, 0) is 19.1 Å². The molecule has 1 aromatic carbocycles. The monoisotopic (exact) mass is 436 g/mol. The first-order valence-electron chi connectivity index (χ1n) is 8.04. The maximum Gasteiger partial charge on any atom is 0.244 e. The minimum Gasteiger partial charge on any atom is -0.296 e. The zero-order valence-corrected chi connectivity index (χ0v) is 17.5. The fourth-order valence-corrected chi connectivity index (χ4v) is 5.31. The zero-order valence-electron chi connectivity index (χ0n) is 14.4. The number of aryl methyl sites for hydroxylation is 1. The Bertz CT molecular complexity index is 922. The van der Waals surface area contributed by atoms with Gasteiger partial charge in [0.15, 0.2) is 0 Å². The summed E-state index contributed by atoms with van der Waals surface area (Å²) in [4.78, 5) is 2.21. The highest BCUT2D eigenvalue weighted by molar-refractivity contribution is 7.89. The van der Waals surface area contributed by atoms with Gasteiger partial charge in [-0.25, -0.2) is 8.42 Å². The molecular weight excluding hydrogens is 419 g/mol. The SMILES string of the molecule is Cc1c(CN2CCN(S(=O)(=O)c3cc(Cl)c(Cl)cc3Cl)CC2)cnn1C. The molecule has 0 aliphatic carbocycles. The van der Waals surface area contributed by atoms with Crippen LogP contribution in [0.4, 0.5) is 0 Å². The predicted molar refractivity (Wildman–Crippen MR) is 103 cm³/mol. The maximum absolute atomic E-state index is 12.9. The van der Waals surface area contributed by atoms with Gasteiger partial charge >= 0.3 is 0 Å². The Hall–Kier alpha value is -0.830. The van der Waals surface area contributed by atoms with Gasteiger partial charge in [0.05, 0.1) is 21.3 Å². The Morgan fingerprint density at radius 1 is 1.04 bits per heavy atom. The summed E-state index contributed by atoms with van der Waals surface area (Å²) in [5.41, 5.74) is 2.26. The molecule has 1 saturated heterocycles. The third-order valence-electron chi connectivity index (χ3n) is 4.65. The molecule has 0 radical (unpaired) electrons. The lowest BCUT2D eigenvalue weighted by Gasteiger charge is -2.34. The maximum atomic E-state index is 12.9. The van der Waals surface area contributed by atoms with Gasteiger partial charge in [-0.1, -0.05) is 34.8 Å². The highest BCUT2D eigenvalue weighted by Gasteiger charge is 2.31. The van der Waals surface area contributed by atoms with Crippen LogP contribution in [0.1, 0.15) is 11.3 Å². The molecule has 142 valence electrons. The van der Waals surface area contributed by atoms with E-state index in [0.717, 1.165) is 17.8 Å². The van der Waals surface area contributed by atoms with Gasteiger partial charge in [-0.3, -0.25) is 9.58 Å². The molecule has 2 heterocycles. The van der Waals surface area contributed by atoms with E-state index in [4.69, 9.17) is 34.8 Å². The fourth-order valence-electron chi connectivity index (χ4n) is 2.91. The van der Waals surface area contributed by atoms with Crippen molar-refractivity contribution in [1.82, 2.24) is 19.0 Å². The summed E-state index contributed by atoms with van der Waals surface area (Å²) in [7, 11) is -1.81. The summed E-state index contributed by atoms with van der Waals surface area (Å²) in [6, 6.07) is 2.67. The van der Waals surface area contributed by atoms with Crippen molar-refractivity contribution in [2.45, 2.75) is 18.4 Å². The lowest BCUT2D eigenvalue weighted by molar-refractivity contribution is 0.181. The highest BCUT2D eigenvalue weighted by Crippen LogP contribution is 2.33. The van der Waals surface area contributed by atoms with Crippen LogP contribution in [0.25, 0.3) is 0 Å². The molecule has 0 N–H and O–H groups in total. The number of hydrogen-bond acceptors (Lipinski definition) is 4. The van der Waals surface area contributed by atoms with Crippen molar-refractivity contribution in [3.8, 4) is 0 Å². The van der Waals surface area contributed by atoms with Crippen LogP contribution in [0.5, 0.6) is 0 Å². The van der Waals surface area contributed by atoms with Gasteiger partial charge in [0.2, 0.25) is 10.0 Å². The van der Waals surface area contributed by atoms with E-state index in [2.05, 4.69) is 10.00 Å². The van der Waals surface area contributed by atoms with Crippen LogP contribution < -0.4 is 0 Å². The van der Waals surface area contributed by atoms with Crippen LogP contribution in [-0.2, 0) is 23.6 Å². The first-order valence-corrected chi connectivity index (χ1v) is 10.6.